The summed E-state index contributed by atoms with van der Waals surface area (Å²) in [5.74, 6) is -2.17. The number of carboxylic acid groups (broad SMARTS) is 1. The zero-order valence-corrected chi connectivity index (χ0v) is 10.5. The summed E-state index contributed by atoms with van der Waals surface area (Å²) in [5.41, 5.74) is -0.138. The Balaban J connectivity index is 2.53. The smallest absolute Gasteiger partial charge is 0.338 e. The summed E-state index contributed by atoms with van der Waals surface area (Å²) in [6, 6.07) is 1.08. The van der Waals surface area contributed by atoms with Crippen LogP contribution in [0.5, 0.6) is 0 Å². The van der Waals surface area contributed by atoms with Crippen LogP contribution in [0.4, 0.5) is 0 Å². The fraction of sp³-hybridized carbons (Fsp3) is 0.400. The van der Waals surface area contributed by atoms with Crippen molar-refractivity contribution in [2.45, 2.75) is 6.92 Å². The van der Waals surface area contributed by atoms with Crippen LogP contribution in [0, 0.1) is 0 Å². The minimum Gasteiger partial charge on any atom is -0.478 e. The first-order valence-corrected chi connectivity index (χ1v) is 6.98. The molecule has 0 bridgehead atoms. The third kappa shape index (κ3) is 3.88. The molecule has 18 heavy (non-hydrogen) atoms. The van der Waals surface area contributed by atoms with Crippen LogP contribution >= 0.6 is 0 Å². The summed E-state index contributed by atoms with van der Waals surface area (Å²) in [6.07, 6.45) is 0.944. The average Bonchev–Trinajstić information content (AvgIpc) is 2.78. The van der Waals surface area contributed by atoms with E-state index in [1.165, 1.54) is 6.92 Å². The van der Waals surface area contributed by atoms with E-state index in [1.807, 2.05) is 0 Å². The van der Waals surface area contributed by atoms with Gasteiger partial charge in [0.2, 0.25) is 0 Å². The van der Waals surface area contributed by atoms with Crippen molar-refractivity contribution in [3.8, 4) is 0 Å². The van der Waals surface area contributed by atoms with Crippen LogP contribution in [0.1, 0.15) is 27.8 Å². The van der Waals surface area contributed by atoms with Gasteiger partial charge in [0.15, 0.2) is 15.6 Å². The Bertz CT molecular complexity index is 544. The summed E-state index contributed by atoms with van der Waals surface area (Å²) < 4.78 is 27.1. The normalized spacial score (nSPS) is 11.2. The van der Waals surface area contributed by atoms with Crippen molar-refractivity contribution in [1.29, 1.82) is 0 Å². The molecule has 0 aliphatic rings. The largest absolute Gasteiger partial charge is 0.478 e. The number of amides is 1. The summed E-state index contributed by atoms with van der Waals surface area (Å²) in [7, 11) is -3.15. The van der Waals surface area contributed by atoms with E-state index in [9.17, 15) is 18.0 Å². The van der Waals surface area contributed by atoms with Crippen molar-refractivity contribution in [3.63, 3.8) is 0 Å². The van der Waals surface area contributed by atoms with Gasteiger partial charge in [0.1, 0.15) is 6.26 Å². The van der Waals surface area contributed by atoms with Crippen LogP contribution in [-0.4, -0.2) is 43.5 Å². The highest BCUT2D eigenvalue weighted by Crippen LogP contribution is 2.07. The van der Waals surface area contributed by atoms with E-state index in [4.69, 9.17) is 9.52 Å². The van der Waals surface area contributed by atoms with Gasteiger partial charge in [-0.25, -0.2) is 13.2 Å². The van der Waals surface area contributed by atoms with Gasteiger partial charge < -0.3 is 14.8 Å². The van der Waals surface area contributed by atoms with E-state index in [0.29, 0.717) is 0 Å². The van der Waals surface area contributed by atoms with E-state index >= 15 is 0 Å². The zero-order chi connectivity index (χ0) is 13.8. The molecule has 1 rings (SSSR count). The maximum absolute atomic E-state index is 11.5. The van der Waals surface area contributed by atoms with Crippen molar-refractivity contribution in [3.05, 3.63) is 23.7 Å². The van der Waals surface area contributed by atoms with Gasteiger partial charge in [-0.05, 0) is 0 Å². The third-order valence-electron chi connectivity index (χ3n) is 2.21. The van der Waals surface area contributed by atoms with Crippen molar-refractivity contribution in [2.24, 2.45) is 0 Å². The van der Waals surface area contributed by atoms with E-state index in [1.54, 1.807) is 0 Å². The molecule has 1 amide bonds. The lowest BCUT2D eigenvalue weighted by Crippen LogP contribution is -2.29. The second-order valence-electron chi connectivity index (χ2n) is 3.50. The molecule has 0 saturated heterocycles. The summed E-state index contributed by atoms with van der Waals surface area (Å²) in [6.45, 7) is 1.47. The Morgan fingerprint density at radius 3 is 2.61 bits per heavy atom. The SMILES string of the molecule is CCS(=O)(=O)CCNC(=O)c1cc(C(=O)O)co1. The number of sulfone groups is 1. The van der Waals surface area contributed by atoms with Crippen LogP contribution in [0.3, 0.4) is 0 Å². The minimum absolute atomic E-state index is 0.00673. The molecule has 0 aliphatic heterocycles. The van der Waals surface area contributed by atoms with Gasteiger partial charge in [-0.2, -0.15) is 0 Å². The van der Waals surface area contributed by atoms with Crippen molar-refractivity contribution in [2.75, 3.05) is 18.1 Å². The summed E-state index contributed by atoms with van der Waals surface area (Å²) in [5, 5.41) is 11.0. The van der Waals surface area contributed by atoms with Crippen LogP contribution in [0.2, 0.25) is 0 Å². The van der Waals surface area contributed by atoms with Crippen LogP contribution in [0.15, 0.2) is 16.7 Å². The van der Waals surface area contributed by atoms with E-state index in [0.717, 1.165) is 12.3 Å². The maximum Gasteiger partial charge on any atom is 0.338 e. The highest BCUT2D eigenvalue weighted by atomic mass is 32.2. The maximum atomic E-state index is 11.5. The number of rotatable bonds is 6. The number of nitrogens with one attached hydrogen (secondary N) is 1. The molecule has 100 valence electrons. The molecule has 1 aromatic heterocycles. The molecule has 2 N–H and O–H groups in total. The standard InChI is InChI=1S/C10H13NO6S/c1-2-18(15,16)4-3-11-9(12)8-5-7(6-17-8)10(13)14/h5-6H,2-4H2,1H3,(H,11,12)(H,13,14). The highest BCUT2D eigenvalue weighted by molar-refractivity contribution is 7.91. The second kappa shape index (κ2) is 5.67. The Morgan fingerprint density at radius 1 is 1.44 bits per heavy atom. The molecule has 0 spiro atoms. The lowest BCUT2D eigenvalue weighted by atomic mass is 10.3. The van der Waals surface area contributed by atoms with Crippen LogP contribution < -0.4 is 5.32 Å². The molecule has 0 aromatic carbocycles. The Morgan fingerprint density at radius 2 is 2.11 bits per heavy atom. The van der Waals surface area contributed by atoms with Crippen molar-refractivity contribution < 1.29 is 27.5 Å². The van der Waals surface area contributed by atoms with Gasteiger partial charge >= 0.3 is 5.97 Å². The van der Waals surface area contributed by atoms with Gasteiger partial charge in [-0.15, -0.1) is 0 Å². The topological polar surface area (TPSA) is 114 Å². The number of aromatic carboxylic acids is 1. The average molecular weight is 275 g/mol. The second-order valence-corrected chi connectivity index (χ2v) is 5.97. The monoisotopic (exact) mass is 275 g/mol. The van der Waals surface area contributed by atoms with Gasteiger partial charge in [0.05, 0.1) is 11.3 Å². The first-order chi connectivity index (χ1) is 8.35. The third-order valence-corrected chi connectivity index (χ3v) is 3.91. The van der Waals surface area contributed by atoms with Gasteiger partial charge in [0.25, 0.3) is 5.91 Å². The lowest BCUT2D eigenvalue weighted by molar-refractivity contribution is 0.0695. The fourth-order valence-electron chi connectivity index (χ4n) is 1.12. The van der Waals surface area contributed by atoms with Gasteiger partial charge in [-0.3, -0.25) is 4.79 Å². The number of hydrogen-bond acceptors (Lipinski definition) is 5. The Labute approximate surface area is 104 Å². The van der Waals surface area contributed by atoms with Gasteiger partial charge in [0, 0.05) is 18.4 Å². The first kappa shape index (κ1) is 14.2. The van der Waals surface area contributed by atoms with E-state index in [-0.39, 0.29) is 29.4 Å². The number of carbonyl (C=O) groups is 2. The number of carbonyl (C=O) groups excluding carboxylic acids is 1. The quantitative estimate of drug-likeness (QED) is 0.763. The van der Waals surface area contributed by atoms with E-state index in [2.05, 4.69) is 5.32 Å². The predicted octanol–water partition coefficient (Wildman–Crippen LogP) is 0.142. The number of furan rings is 1. The molecule has 8 heteroatoms. The van der Waals surface area contributed by atoms with E-state index < -0.39 is 21.7 Å². The molecule has 1 heterocycles. The molecule has 1 aromatic rings. The van der Waals surface area contributed by atoms with Crippen LogP contribution in [0.25, 0.3) is 0 Å². The molecule has 0 radical (unpaired) electrons. The number of hydrogen-bond donors (Lipinski definition) is 2. The summed E-state index contributed by atoms with van der Waals surface area (Å²) >= 11 is 0. The molecule has 0 unspecified atom stereocenters. The molecule has 7 nitrogen and oxygen atoms in total. The highest BCUT2D eigenvalue weighted by Gasteiger charge is 2.15. The minimum atomic E-state index is -3.15. The molecular formula is C10H13NO6S. The van der Waals surface area contributed by atoms with Crippen molar-refractivity contribution in [1.82, 2.24) is 5.32 Å². The predicted molar refractivity (Wildman–Crippen MR) is 62.3 cm³/mol. The zero-order valence-electron chi connectivity index (χ0n) is 9.67. The number of carboxylic acids is 1. The van der Waals surface area contributed by atoms with Gasteiger partial charge in [-0.1, -0.05) is 6.92 Å². The van der Waals surface area contributed by atoms with Crippen LogP contribution in [-0.2, 0) is 9.84 Å². The Hall–Kier alpha value is -1.83. The fourth-order valence-corrected chi connectivity index (χ4v) is 1.82. The summed E-state index contributed by atoms with van der Waals surface area (Å²) in [4.78, 5) is 22.0. The molecule has 0 aliphatic carbocycles. The molecule has 0 saturated carbocycles. The molecular weight excluding hydrogens is 262 g/mol. The molecule has 0 fully saturated rings. The molecule has 0 atom stereocenters. The van der Waals surface area contributed by atoms with Crippen molar-refractivity contribution >= 4 is 21.7 Å². The first-order valence-electron chi connectivity index (χ1n) is 5.16. The lowest BCUT2D eigenvalue weighted by Gasteiger charge is -2.02. The Kier molecular flexibility index (Phi) is 4.49.